The molecule has 0 spiro atoms. The van der Waals surface area contributed by atoms with Gasteiger partial charge < -0.3 is 0 Å². The summed E-state index contributed by atoms with van der Waals surface area (Å²) in [6.07, 6.45) is 1.21. The van der Waals surface area contributed by atoms with Crippen LogP contribution in [0.3, 0.4) is 0 Å². The average molecular weight is 444 g/mol. The lowest BCUT2D eigenvalue weighted by Crippen LogP contribution is -2.44. The summed E-state index contributed by atoms with van der Waals surface area (Å²) in [7, 11) is 0. The van der Waals surface area contributed by atoms with Gasteiger partial charge in [-0.15, -0.1) is 32.3 Å². The molecule has 9 heteroatoms. The Kier molecular flexibility index (Phi) is 5.63. The second kappa shape index (κ2) is 8.11. The zero-order valence-electron chi connectivity index (χ0n) is 13.9. The van der Waals surface area contributed by atoms with Crippen LogP contribution in [0.25, 0.3) is 0 Å². The van der Waals surface area contributed by atoms with Crippen LogP contribution in [0.1, 0.15) is 25.7 Å². The fourth-order valence-corrected chi connectivity index (χ4v) is 3.28. The number of hydrogen-bond donors (Lipinski definition) is 1. The number of hydrazone groups is 1. The number of hydrazine groups is 2. The molecule has 0 atom stereocenters. The van der Waals surface area contributed by atoms with Crippen molar-refractivity contribution in [1.29, 1.82) is 0 Å². The summed E-state index contributed by atoms with van der Waals surface area (Å²) in [4.78, 5) is 26.9. The maximum absolute atomic E-state index is 11.2. The van der Waals surface area contributed by atoms with E-state index in [1.807, 2.05) is 60.7 Å². The molecular formula is C18H14BrN5O2S. The van der Waals surface area contributed by atoms with Gasteiger partial charge in [0.15, 0.2) is 18.4 Å². The first-order valence-electron chi connectivity index (χ1n) is 7.77. The van der Waals surface area contributed by atoms with Crippen molar-refractivity contribution >= 4 is 57.5 Å². The van der Waals surface area contributed by atoms with Crippen LogP contribution in [0.4, 0.5) is 10.8 Å². The van der Waals surface area contributed by atoms with Gasteiger partial charge in [-0.05, 0) is 12.1 Å². The lowest BCUT2D eigenvalue weighted by Gasteiger charge is -2.25. The zero-order chi connectivity index (χ0) is 17.9. The first-order valence-corrected chi connectivity index (χ1v) is 8.59. The Labute approximate surface area is 169 Å². The molecule has 0 saturated heterocycles. The number of anilines is 2. The highest BCUT2D eigenvalue weighted by Crippen LogP contribution is 2.30. The van der Waals surface area contributed by atoms with E-state index >= 15 is 0 Å². The Morgan fingerprint density at radius 1 is 0.926 bits per heavy atom. The van der Waals surface area contributed by atoms with Gasteiger partial charge in [-0.2, -0.15) is 0 Å². The predicted molar refractivity (Wildman–Crippen MR) is 111 cm³/mol. The summed E-state index contributed by atoms with van der Waals surface area (Å²) in [5.74, 6) is 0.630. The maximum atomic E-state index is 11.2. The minimum absolute atomic E-state index is 0. The number of carbonyl (C=O) groups excluding carboxylic acids is 2. The van der Waals surface area contributed by atoms with E-state index in [0.29, 0.717) is 23.5 Å². The molecule has 4 rings (SSSR count). The number of carbonyl (C=O) groups is 2. The summed E-state index contributed by atoms with van der Waals surface area (Å²) < 4.78 is 0. The number of hydrogen-bond acceptors (Lipinski definition) is 8. The molecule has 0 bridgehead atoms. The molecule has 1 aliphatic rings. The Morgan fingerprint density at radius 2 is 1.59 bits per heavy atom. The summed E-state index contributed by atoms with van der Waals surface area (Å²) in [6.45, 7) is 0. The highest BCUT2D eigenvalue weighted by atomic mass is 79.9. The minimum atomic E-state index is 0. The molecule has 0 fully saturated rings. The SMILES string of the molecule is Br.O=Cc1nc(N2NC(c3ccccc3)=NN2c2ccccc2)sc1C=O. The van der Waals surface area contributed by atoms with Crippen molar-refractivity contribution in [1.82, 2.24) is 10.4 Å². The Balaban J connectivity index is 0.00000210. The molecule has 0 radical (unpaired) electrons. The number of rotatable bonds is 5. The molecule has 0 unspecified atom stereocenters. The van der Waals surface area contributed by atoms with Crippen LogP contribution in [-0.4, -0.2) is 23.4 Å². The van der Waals surface area contributed by atoms with Crippen LogP contribution in [0, 0.1) is 0 Å². The highest BCUT2D eigenvalue weighted by Gasteiger charge is 2.29. The van der Waals surface area contributed by atoms with E-state index in [0.717, 1.165) is 22.6 Å². The van der Waals surface area contributed by atoms with Crippen LogP contribution in [0.5, 0.6) is 0 Å². The minimum Gasteiger partial charge on any atom is -0.297 e. The maximum Gasteiger partial charge on any atom is 0.228 e. The summed E-state index contributed by atoms with van der Waals surface area (Å²) in [5.41, 5.74) is 5.01. The molecule has 136 valence electrons. The van der Waals surface area contributed by atoms with Crippen LogP contribution < -0.4 is 15.7 Å². The van der Waals surface area contributed by atoms with Gasteiger partial charge in [-0.3, -0.25) is 15.0 Å². The fourth-order valence-electron chi connectivity index (χ4n) is 2.48. The molecule has 1 aliphatic heterocycles. The van der Waals surface area contributed by atoms with Gasteiger partial charge in [0.05, 0.1) is 10.6 Å². The lowest BCUT2D eigenvalue weighted by molar-refractivity contribution is 0.109. The normalized spacial score (nSPS) is 12.8. The molecule has 3 aromatic rings. The van der Waals surface area contributed by atoms with E-state index in [1.54, 1.807) is 10.2 Å². The largest absolute Gasteiger partial charge is 0.297 e. The molecule has 0 amide bonds. The summed E-state index contributed by atoms with van der Waals surface area (Å²) in [5, 5.41) is 8.33. The molecule has 2 aromatic carbocycles. The number of nitrogens with one attached hydrogen (secondary N) is 1. The molecule has 2 heterocycles. The topological polar surface area (TPSA) is 77.9 Å². The first kappa shape index (κ1) is 18.7. The number of benzene rings is 2. The van der Waals surface area contributed by atoms with Gasteiger partial charge in [0.25, 0.3) is 0 Å². The number of aldehydes is 2. The number of halogens is 1. The molecule has 1 aromatic heterocycles. The number of aromatic nitrogens is 1. The fraction of sp³-hybridized carbons (Fsp3) is 0. The van der Waals surface area contributed by atoms with Crippen LogP contribution in [0.2, 0.25) is 0 Å². The third-order valence-electron chi connectivity index (χ3n) is 3.70. The summed E-state index contributed by atoms with van der Waals surface area (Å²) in [6, 6.07) is 19.2. The second-order valence-corrected chi connectivity index (χ2v) is 6.35. The highest BCUT2D eigenvalue weighted by molar-refractivity contribution is 8.93. The van der Waals surface area contributed by atoms with Gasteiger partial charge in [-0.1, -0.05) is 59.9 Å². The van der Waals surface area contributed by atoms with Crippen molar-refractivity contribution in [3.05, 3.63) is 76.8 Å². The smallest absolute Gasteiger partial charge is 0.228 e. The van der Waals surface area contributed by atoms with Crippen molar-refractivity contribution in [3.63, 3.8) is 0 Å². The van der Waals surface area contributed by atoms with E-state index in [1.165, 1.54) is 0 Å². The van der Waals surface area contributed by atoms with E-state index < -0.39 is 0 Å². The first-order chi connectivity index (χ1) is 12.8. The van der Waals surface area contributed by atoms with Crippen molar-refractivity contribution in [2.75, 3.05) is 10.2 Å². The number of amidine groups is 1. The third kappa shape index (κ3) is 3.60. The van der Waals surface area contributed by atoms with Gasteiger partial charge in [-0.25, -0.2) is 4.98 Å². The van der Waals surface area contributed by atoms with Gasteiger partial charge in [0.2, 0.25) is 5.13 Å². The number of para-hydroxylation sites is 1. The van der Waals surface area contributed by atoms with Crippen LogP contribution in [0.15, 0.2) is 65.8 Å². The monoisotopic (exact) mass is 443 g/mol. The van der Waals surface area contributed by atoms with Crippen molar-refractivity contribution in [2.45, 2.75) is 0 Å². The molecular weight excluding hydrogens is 430 g/mol. The van der Waals surface area contributed by atoms with Gasteiger partial charge in [0, 0.05) is 5.56 Å². The van der Waals surface area contributed by atoms with E-state index in [9.17, 15) is 9.59 Å². The summed E-state index contributed by atoms with van der Waals surface area (Å²) >= 11 is 1.11. The standard InChI is InChI=1S/C18H13N5O2S.BrH/c24-11-15-16(12-25)26-18(19-15)23-21-17(13-7-3-1-4-8-13)20-22(23)14-9-5-2-6-10-14;/h1-12H,(H,20,21);1H. The van der Waals surface area contributed by atoms with E-state index in [4.69, 9.17) is 0 Å². The molecule has 0 saturated carbocycles. The van der Waals surface area contributed by atoms with E-state index in [2.05, 4.69) is 15.5 Å². The van der Waals surface area contributed by atoms with Crippen LogP contribution in [-0.2, 0) is 0 Å². The van der Waals surface area contributed by atoms with Gasteiger partial charge in [0.1, 0.15) is 5.69 Å². The molecule has 27 heavy (non-hydrogen) atoms. The Bertz CT molecular complexity index is 952. The average Bonchev–Trinajstić information content (AvgIpc) is 3.33. The van der Waals surface area contributed by atoms with Crippen LogP contribution >= 0.6 is 28.3 Å². The lowest BCUT2D eigenvalue weighted by atomic mass is 10.2. The zero-order valence-corrected chi connectivity index (χ0v) is 16.4. The quantitative estimate of drug-likeness (QED) is 0.608. The number of thiazole rings is 1. The Morgan fingerprint density at radius 3 is 2.19 bits per heavy atom. The van der Waals surface area contributed by atoms with Gasteiger partial charge >= 0.3 is 0 Å². The molecule has 7 nitrogen and oxygen atoms in total. The molecule has 1 N–H and O–H groups in total. The number of nitrogens with zero attached hydrogens (tertiary/aromatic N) is 4. The van der Waals surface area contributed by atoms with E-state index in [-0.39, 0.29) is 27.6 Å². The van der Waals surface area contributed by atoms with Crippen molar-refractivity contribution < 1.29 is 9.59 Å². The molecule has 0 aliphatic carbocycles. The predicted octanol–water partition coefficient (Wildman–Crippen LogP) is 3.45. The second-order valence-electron chi connectivity index (χ2n) is 5.34. The van der Waals surface area contributed by atoms with Crippen molar-refractivity contribution in [3.8, 4) is 0 Å². The Hall–Kier alpha value is -3.04. The van der Waals surface area contributed by atoms with Crippen molar-refractivity contribution in [2.24, 2.45) is 5.10 Å². The third-order valence-corrected chi connectivity index (χ3v) is 4.67.